The Bertz CT molecular complexity index is 517. The van der Waals surface area contributed by atoms with Gasteiger partial charge in [-0.15, -0.1) is 0 Å². The van der Waals surface area contributed by atoms with Crippen LogP contribution in [0.3, 0.4) is 0 Å². The quantitative estimate of drug-likeness (QED) is 0.797. The number of fused-ring (bicyclic) bond motifs is 1. The molecule has 3 rings (SSSR count). The number of carbonyl (C=O) groups is 1. The lowest BCUT2D eigenvalue weighted by Gasteiger charge is -2.33. The molecule has 2 heterocycles. The van der Waals surface area contributed by atoms with Gasteiger partial charge in [0.2, 0.25) is 6.79 Å². The monoisotopic (exact) mass is 291 g/mol. The van der Waals surface area contributed by atoms with E-state index in [4.69, 9.17) is 14.2 Å². The van der Waals surface area contributed by atoms with Gasteiger partial charge in [0, 0.05) is 6.54 Å². The Balaban J connectivity index is 1.70. The zero-order valence-corrected chi connectivity index (χ0v) is 12.3. The highest BCUT2D eigenvalue weighted by Crippen LogP contribution is 2.33. The van der Waals surface area contributed by atoms with Crippen molar-refractivity contribution in [2.24, 2.45) is 0 Å². The molecule has 0 aromatic heterocycles. The van der Waals surface area contributed by atoms with E-state index in [9.17, 15) is 4.79 Å². The number of nitrogens with zero attached hydrogens (tertiary/aromatic N) is 1. The molecule has 21 heavy (non-hydrogen) atoms. The van der Waals surface area contributed by atoms with Gasteiger partial charge in [0.15, 0.2) is 11.5 Å². The maximum absolute atomic E-state index is 12.1. The SMILES string of the molecule is CCOC(=O)C1CCCCN1Cc1ccc2c(c1)OCO2. The molecule has 1 aromatic rings. The molecular weight excluding hydrogens is 270 g/mol. The molecule has 114 valence electrons. The predicted molar refractivity (Wildman–Crippen MR) is 77.2 cm³/mol. The zero-order valence-electron chi connectivity index (χ0n) is 12.3. The molecule has 1 unspecified atom stereocenters. The highest BCUT2D eigenvalue weighted by molar-refractivity contribution is 5.75. The number of piperidine rings is 1. The van der Waals surface area contributed by atoms with E-state index in [-0.39, 0.29) is 18.8 Å². The summed E-state index contributed by atoms with van der Waals surface area (Å²) in [4.78, 5) is 14.3. The third kappa shape index (κ3) is 3.13. The second-order valence-electron chi connectivity index (χ2n) is 5.42. The normalized spacial score (nSPS) is 21.3. The van der Waals surface area contributed by atoms with Crippen molar-refractivity contribution in [2.45, 2.75) is 38.8 Å². The van der Waals surface area contributed by atoms with Crippen LogP contribution >= 0.6 is 0 Å². The summed E-state index contributed by atoms with van der Waals surface area (Å²) < 4.78 is 15.9. The van der Waals surface area contributed by atoms with Crippen LogP contribution < -0.4 is 9.47 Å². The number of benzene rings is 1. The minimum Gasteiger partial charge on any atom is -0.465 e. The van der Waals surface area contributed by atoms with Crippen LogP contribution in [0.1, 0.15) is 31.7 Å². The second-order valence-corrected chi connectivity index (χ2v) is 5.42. The maximum atomic E-state index is 12.1. The van der Waals surface area contributed by atoms with Crippen LogP contribution in [0.5, 0.6) is 11.5 Å². The Kier molecular flexibility index (Phi) is 4.29. The first kappa shape index (κ1) is 14.2. The molecule has 2 aliphatic rings. The molecule has 1 aromatic carbocycles. The van der Waals surface area contributed by atoms with Gasteiger partial charge in [0.1, 0.15) is 6.04 Å². The Hall–Kier alpha value is -1.75. The van der Waals surface area contributed by atoms with Crippen molar-refractivity contribution < 1.29 is 19.0 Å². The van der Waals surface area contributed by atoms with Gasteiger partial charge >= 0.3 is 5.97 Å². The average molecular weight is 291 g/mol. The second kappa shape index (κ2) is 6.35. The van der Waals surface area contributed by atoms with Gasteiger partial charge in [-0.2, -0.15) is 0 Å². The maximum Gasteiger partial charge on any atom is 0.323 e. The van der Waals surface area contributed by atoms with E-state index in [0.717, 1.165) is 49.4 Å². The number of ether oxygens (including phenoxy) is 3. The summed E-state index contributed by atoms with van der Waals surface area (Å²) in [5.74, 6) is 1.48. The number of carbonyl (C=O) groups excluding carboxylic acids is 1. The van der Waals surface area contributed by atoms with Crippen molar-refractivity contribution in [3.8, 4) is 11.5 Å². The van der Waals surface area contributed by atoms with Crippen LogP contribution in [0, 0.1) is 0 Å². The lowest BCUT2D eigenvalue weighted by Crippen LogP contribution is -2.44. The van der Waals surface area contributed by atoms with E-state index >= 15 is 0 Å². The third-order valence-corrected chi connectivity index (χ3v) is 3.99. The summed E-state index contributed by atoms with van der Waals surface area (Å²) in [5, 5.41) is 0. The Morgan fingerprint density at radius 2 is 2.19 bits per heavy atom. The van der Waals surface area contributed by atoms with Crippen LogP contribution in [0.4, 0.5) is 0 Å². The molecule has 1 saturated heterocycles. The van der Waals surface area contributed by atoms with E-state index in [2.05, 4.69) is 4.90 Å². The van der Waals surface area contributed by atoms with Crippen LogP contribution in [0.2, 0.25) is 0 Å². The van der Waals surface area contributed by atoms with Crippen molar-refractivity contribution in [3.05, 3.63) is 23.8 Å². The topological polar surface area (TPSA) is 48.0 Å². The van der Waals surface area contributed by atoms with E-state index in [1.807, 2.05) is 25.1 Å². The summed E-state index contributed by atoms with van der Waals surface area (Å²) in [5.41, 5.74) is 1.13. The number of hydrogen-bond acceptors (Lipinski definition) is 5. The molecule has 1 fully saturated rings. The number of likely N-dealkylation sites (tertiary alicyclic amines) is 1. The smallest absolute Gasteiger partial charge is 0.323 e. The van der Waals surface area contributed by atoms with Crippen LogP contribution in [0.25, 0.3) is 0 Å². The van der Waals surface area contributed by atoms with E-state index in [1.54, 1.807) is 0 Å². The molecule has 0 saturated carbocycles. The molecule has 2 aliphatic heterocycles. The zero-order chi connectivity index (χ0) is 14.7. The summed E-state index contributed by atoms with van der Waals surface area (Å²) >= 11 is 0. The fourth-order valence-electron chi connectivity index (χ4n) is 2.96. The minimum atomic E-state index is -0.121. The third-order valence-electron chi connectivity index (χ3n) is 3.99. The molecule has 5 heteroatoms. The fraction of sp³-hybridized carbons (Fsp3) is 0.562. The molecule has 1 atom stereocenters. The van der Waals surface area contributed by atoms with Crippen LogP contribution in [-0.4, -0.2) is 36.9 Å². The molecule has 0 aliphatic carbocycles. The number of esters is 1. The van der Waals surface area contributed by atoms with E-state index in [1.165, 1.54) is 0 Å². The lowest BCUT2D eigenvalue weighted by atomic mass is 10.0. The van der Waals surface area contributed by atoms with Gasteiger partial charge in [-0.05, 0) is 44.0 Å². The fourth-order valence-corrected chi connectivity index (χ4v) is 2.96. The first-order chi connectivity index (χ1) is 10.3. The van der Waals surface area contributed by atoms with E-state index in [0.29, 0.717) is 6.61 Å². The first-order valence-corrected chi connectivity index (χ1v) is 7.57. The Labute approximate surface area is 124 Å². The molecule has 0 amide bonds. The molecule has 0 N–H and O–H groups in total. The van der Waals surface area contributed by atoms with Gasteiger partial charge < -0.3 is 14.2 Å². The van der Waals surface area contributed by atoms with Gasteiger partial charge in [-0.3, -0.25) is 9.69 Å². The first-order valence-electron chi connectivity index (χ1n) is 7.57. The van der Waals surface area contributed by atoms with Crippen LogP contribution in [-0.2, 0) is 16.1 Å². The summed E-state index contributed by atoms with van der Waals surface area (Å²) in [7, 11) is 0. The van der Waals surface area contributed by atoms with Gasteiger partial charge in [0.25, 0.3) is 0 Å². The Morgan fingerprint density at radius 3 is 3.05 bits per heavy atom. The van der Waals surface area contributed by atoms with Gasteiger partial charge in [-0.25, -0.2) is 0 Å². The van der Waals surface area contributed by atoms with Crippen molar-refractivity contribution in [1.82, 2.24) is 4.90 Å². The van der Waals surface area contributed by atoms with Gasteiger partial charge in [0.05, 0.1) is 6.61 Å². The number of rotatable bonds is 4. The highest BCUT2D eigenvalue weighted by atomic mass is 16.7. The minimum absolute atomic E-state index is 0.0991. The number of hydrogen-bond donors (Lipinski definition) is 0. The van der Waals surface area contributed by atoms with E-state index < -0.39 is 0 Å². The molecule has 0 spiro atoms. The van der Waals surface area contributed by atoms with Gasteiger partial charge in [-0.1, -0.05) is 12.5 Å². The summed E-state index contributed by atoms with van der Waals surface area (Å²) in [6.07, 6.45) is 3.09. The average Bonchev–Trinajstić information content (AvgIpc) is 2.95. The van der Waals surface area contributed by atoms with Crippen molar-refractivity contribution in [3.63, 3.8) is 0 Å². The van der Waals surface area contributed by atoms with Crippen molar-refractivity contribution >= 4 is 5.97 Å². The molecular formula is C16H21NO4. The van der Waals surface area contributed by atoms with Crippen LogP contribution in [0.15, 0.2) is 18.2 Å². The largest absolute Gasteiger partial charge is 0.465 e. The Morgan fingerprint density at radius 1 is 1.33 bits per heavy atom. The lowest BCUT2D eigenvalue weighted by molar-refractivity contribution is -0.151. The standard InChI is InChI=1S/C16H21NO4/c1-2-19-16(18)13-5-3-4-8-17(13)10-12-6-7-14-15(9-12)21-11-20-14/h6-7,9,13H,2-5,8,10-11H2,1H3. The summed E-state index contributed by atoms with van der Waals surface area (Å²) in [6, 6.07) is 5.84. The molecule has 0 radical (unpaired) electrons. The van der Waals surface area contributed by atoms with Crippen molar-refractivity contribution in [1.29, 1.82) is 0 Å². The summed E-state index contributed by atoms with van der Waals surface area (Å²) in [6.45, 7) is 4.24. The molecule has 5 nitrogen and oxygen atoms in total. The molecule has 0 bridgehead atoms. The predicted octanol–water partition coefficient (Wildman–Crippen LogP) is 2.33. The highest BCUT2D eigenvalue weighted by Gasteiger charge is 2.30. The van der Waals surface area contributed by atoms with Crippen molar-refractivity contribution in [2.75, 3.05) is 19.9 Å².